The number of esters is 1. The number of halogens is 2. The Morgan fingerprint density at radius 2 is 2.07 bits per heavy atom. The number of anilines is 1. The number of pyridine rings is 1. The first-order valence-corrected chi connectivity index (χ1v) is 8.54. The van der Waals surface area contributed by atoms with Crippen LogP contribution in [0.2, 0.25) is 10.0 Å². The standard InChI is InChI=1S/C18H14Cl2N2O5/c1-10-12(19)7-21-18(17(10)20)22-15(23)8-25-16(24)5-3-11-2-4-13-14(6-11)27-9-26-13/h2-7H,8-9H2,1H3,(H,21,22,23). The fourth-order valence-corrected chi connectivity index (χ4v) is 2.57. The fourth-order valence-electron chi connectivity index (χ4n) is 2.18. The molecule has 1 aromatic heterocycles. The van der Waals surface area contributed by atoms with Crippen molar-refractivity contribution in [1.82, 2.24) is 4.98 Å². The van der Waals surface area contributed by atoms with Gasteiger partial charge < -0.3 is 19.5 Å². The number of rotatable bonds is 5. The highest BCUT2D eigenvalue weighted by Gasteiger charge is 2.14. The lowest BCUT2D eigenvalue weighted by Crippen LogP contribution is -2.21. The molecule has 0 unspecified atom stereocenters. The lowest BCUT2D eigenvalue weighted by molar-refractivity contribution is -0.142. The topological polar surface area (TPSA) is 86.8 Å². The van der Waals surface area contributed by atoms with Crippen molar-refractivity contribution in [3.05, 3.63) is 51.6 Å². The minimum atomic E-state index is -0.672. The molecule has 1 aliphatic heterocycles. The first-order chi connectivity index (χ1) is 12.9. The summed E-state index contributed by atoms with van der Waals surface area (Å²) < 4.78 is 15.4. The predicted octanol–water partition coefficient (Wildman–Crippen LogP) is 3.62. The molecule has 27 heavy (non-hydrogen) atoms. The van der Waals surface area contributed by atoms with Crippen LogP contribution < -0.4 is 14.8 Å². The van der Waals surface area contributed by atoms with E-state index < -0.39 is 18.5 Å². The van der Waals surface area contributed by atoms with E-state index in [0.29, 0.717) is 22.1 Å². The highest BCUT2D eigenvalue weighted by Crippen LogP contribution is 2.32. The number of nitrogens with one attached hydrogen (secondary N) is 1. The summed E-state index contributed by atoms with van der Waals surface area (Å²) >= 11 is 12.0. The maximum atomic E-state index is 11.9. The highest BCUT2D eigenvalue weighted by atomic mass is 35.5. The molecule has 0 radical (unpaired) electrons. The number of hydrogen-bond donors (Lipinski definition) is 1. The van der Waals surface area contributed by atoms with E-state index in [9.17, 15) is 9.59 Å². The minimum Gasteiger partial charge on any atom is -0.454 e. The van der Waals surface area contributed by atoms with Crippen molar-refractivity contribution in [3.63, 3.8) is 0 Å². The Labute approximate surface area is 164 Å². The predicted molar refractivity (Wildman–Crippen MR) is 100 cm³/mol. The number of benzene rings is 1. The van der Waals surface area contributed by atoms with E-state index in [0.717, 1.165) is 5.56 Å². The molecule has 0 spiro atoms. The third-order valence-electron chi connectivity index (χ3n) is 3.61. The molecule has 1 aromatic carbocycles. The molecule has 0 saturated carbocycles. The van der Waals surface area contributed by atoms with E-state index >= 15 is 0 Å². The van der Waals surface area contributed by atoms with Crippen LogP contribution in [-0.4, -0.2) is 30.3 Å². The van der Waals surface area contributed by atoms with Gasteiger partial charge in [0.25, 0.3) is 5.91 Å². The average molecular weight is 409 g/mol. The Morgan fingerprint density at radius 1 is 1.30 bits per heavy atom. The Bertz CT molecular complexity index is 930. The number of aromatic nitrogens is 1. The normalized spacial score (nSPS) is 12.3. The van der Waals surface area contributed by atoms with Crippen LogP contribution in [0.4, 0.5) is 5.82 Å². The number of fused-ring (bicyclic) bond motifs is 1. The van der Waals surface area contributed by atoms with E-state index in [-0.39, 0.29) is 17.6 Å². The summed E-state index contributed by atoms with van der Waals surface area (Å²) in [5.41, 5.74) is 1.32. The molecule has 3 rings (SSSR count). The number of carbonyl (C=O) groups is 2. The quantitative estimate of drug-likeness (QED) is 0.600. The van der Waals surface area contributed by atoms with Gasteiger partial charge in [0.05, 0.1) is 10.0 Å². The van der Waals surface area contributed by atoms with Gasteiger partial charge in [0.1, 0.15) is 0 Å². The molecule has 0 bridgehead atoms. The van der Waals surface area contributed by atoms with Gasteiger partial charge in [-0.2, -0.15) is 0 Å². The van der Waals surface area contributed by atoms with Gasteiger partial charge in [0.2, 0.25) is 6.79 Å². The van der Waals surface area contributed by atoms with Crippen molar-refractivity contribution in [2.24, 2.45) is 0 Å². The van der Waals surface area contributed by atoms with Gasteiger partial charge in [-0.15, -0.1) is 0 Å². The lowest BCUT2D eigenvalue weighted by atomic mass is 10.2. The van der Waals surface area contributed by atoms with Crippen LogP contribution in [0.15, 0.2) is 30.5 Å². The number of hydrogen-bond acceptors (Lipinski definition) is 6. The third kappa shape index (κ3) is 4.69. The van der Waals surface area contributed by atoms with Gasteiger partial charge in [-0.05, 0) is 36.3 Å². The molecule has 0 saturated heterocycles. The van der Waals surface area contributed by atoms with Gasteiger partial charge in [0.15, 0.2) is 23.9 Å². The summed E-state index contributed by atoms with van der Waals surface area (Å²) in [5, 5.41) is 3.08. The summed E-state index contributed by atoms with van der Waals surface area (Å²) in [4.78, 5) is 27.6. The van der Waals surface area contributed by atoms with E-state index in [1.54, 1.807) is 31.2 Å². The summed E-state index contributed by atoms with van der Waals surface area (Å²) in [6, 6.07) is 5.24. The van der Waals surface area contributed by atoms with E-state index in [2.05, 4.69) is 10.3 Å². The van der Waals surface area contributed by atoms with Crippen molar-refractivity contribution in [1.29, 1.82) is 0 Å². The van der Waals surface area contributed by atoms with Crippen molar-refractivity contribution < 1.29 is 23.8 Å². The summed E-state index contributed by atoms with van der Waals surface area (Å²) in [7, 11) is 0. The summed E-state index contributed by atoms with van der Waals surface area (Å²) in [6.45, 7) is 1.39. The molecule has 0 aliphatic carbocycles. The number of nitrogens with zero attached hydrogens (tertiary/aromatic N) is 1. The van der Waals surface area contributed by atoms with Crippen LogP contribution in [-0.2, 0) is 14.3 Å². The fraction of sp³-hybridized carbons (Fsp3) is 0.167. The molecular formula is C18H14Cl2N2O5. The molecule has 7 nitrogen and oxygen atoms in total. The molecule has 1 amide bonds. The number of carbonyl (C=O) groups excluding carboxylic acids is 2. The number of ether oxygens (including phenoxy) is 3. The molecule has 2 aromatic rings. The Morgan fingerprint density at radius 3 is 2.89 bits per heavy atom. The zero-order valence-corrected chi connectivity index (χ0v) is 15.6. The molecule has 0 fully saturated rings. The molecule has 2 heterocycles. The van der Waals surface area contributed by atoms with Crippen LogP contribution in [0.1, 0.15) is 11.1 Å². The van der Waals surface area contributed by atoms with Gasteiger partial charge in [0, 0.05) is 12.3 Å². The smallest absolute Gasteiger partial charge is 0.331 e. The van der Waals surface area contributed by atoms with Gasteiger partial charge in [-0.1, -0.05) is 29.3 Å². The maximum Gasteiger partial charge on any atom is 0.331 e. The first kappa shape index (κ1) is 19.0. The molecule has 140 valence electrons. The second kappa shape index (κ2) is 8.28. The highest BCUT2D eigenvalue weighted by molar-refractivity contribution is 6.37. The average Bonchev–Trinajstić information content (AvgIpc) is 3.13. The number of amides is 1. The Hall–Kier alpha value is -2.77. The van der Waals surface area contributed by atoms with Crippen molar-refractivity contribution in [2.75, 3.05) is 18.7 Å². The van der Waals surface area contributed by atoms with Crippen molar-refractivity contribution >= 4 is 47.0 Å². The van der Waals surface area contributed by atoms with Gasteiger partial charge >= 0.3 is 5.97 Å². The first-order valence-electron chi connectivity index (χ1n) is 7.79. The zero-order valence-electron chi connectivity index (χ0n) is 14.1. The van der Waals surface area contributed by atoms with Crippen LogP contribution in [0.5, 0.6) is 11.5 Å². The van der Waals surface area contributed by atoms with Crippen LogP contribution >= 0.6 is 23.2 Å². The molecule has 1 aliphatic rings. The van der Waals surface area contributed by atoms with Gasteiger partial charge in [-0.25, -0.2) is 9.78 Å². The van der Waals surface area contributed by atoms with Gasteiger partial charge in [-0.3, -0.25) is 4.79 Å². The Balaban J connectivity index is 1.51. The third-order valence-corrected chi connectivity index (χ3v) is 4.46. The molecule has 9 heteroatoms. The summed E-state index contributed by atoms with van der Waals surface area (Å²) in [5.74, 6) is 0.157. The largest absolute Gasteiger partial charge is 0.454 e. The van der Waals surface area contributed by atoms with Crippen LogP contribution in [0.3, 0.4) is 0 Å². The maximum absolute atomic E-state index is 11.9. The second-order valence-corrected chi connectivity index (χ2v) is 6.28. The van der Waals surface area contributed by atoms with E-state index in [4.69, 9.17) is 37.4 Å². The van der Waals surface area contributed by atoms with Crippen LogP contribution in [0, 0.1) is 6.92 Å². The van der Waals surface area contributed by atoms with Crippen molar-refractivity contribution in [2.45, 2.75) is 6.92 Å². The lowest BCUT2D eigenvalue weighted by Gasteiger charge is -2.09. The zero-order chi connectivity index (χ0) is 19.4. The Kier molecular flexibility index (Phi) is 5.83. The summed E-state index contributed by atoms with van der Waals surface area (Å²) in [6.07, 6.45) is 4.13. The second-order valence-electron chi connectivity index (χ2n) is 5.50. The van der Waals surface area contributed by atoms with E-state index in [1.807, 2.05) is 0 Å². The molecule has 0 atom stereocenters. The monoisotopic (exact) mass is 408 g/mol. The molecule has 1 N–H and O–H groups in total. The van der Waals surface area contributed by atoms with Crippen LogP contribution in [0.25, 0.3) is 6.08 Å². The van der Waals surface area contributed by atoms with E-state index in [1.165, 1.54) is 12.3 Å². The minimum absolute atomic E-state index is 0.149. The molecular weight excluding hydrogens is 395 g/mol. The SMILES string of the molecule is Cc1c(Cl)cnc(NC(=O)COC(=O)C=Cc2ccc3c(c2)OCO3)c1Cl. The van der Waals surface area contributed by atoms with Crippen molar-refractivity contribution in [3.8, 4) is 11.5 Å².